The molecule has 2 unspecified atom stereocenters. The van der Waals surface area contributed by atoms with Crippen molar-refractivity contribution in [2.75, 3.05) is 17.3 Å². The molecule has 0 saturated heterocycles. The van der Waals surface area contributed by atoms with Gasteiger partial charge >= 0.3 is 0 Å². The van der Waals surface area contributed by atoms with Crippen molar-refractivity contribution in [2.45, 2.75) is 25.0 Å². The van der Waals surface area contributed by atoms with Gasteiger partial charge in [-0.3, -0.25) is 5.32 Å². The summed E-state index contributed by atoms with van der Waals surface area (Å²) in [5.41, 5.74) is 12.9. The van der Waals surface area contributed by atoms with Crippen LogP contribution >= 0.6 is 0 Å². The Hall–Kier alpha value is -7.35. The predicted molar refractivity (Wildman–Crippen MR) is 239 cm³/mol. The maximum absolute atomic E-state index is 6.39. The van der Waals surface area contributed by atoms with Gasteiger partial charge in [0.25, 0.3) is 0 Å². The van der Waals surface area contributed by atoms with Crippen molar-refractivity contribution in [3.63, 3.8) is 0 Å². The predicted octanol–water partition coefficient (Wildman–Crippen LogP) is 12.0. The van der Waals surface area contributed by atoms with Crippen LogP contribution in [0.25, 0.3) is 38.6 Å². The summed E-state index contributed by atoms with van der Waals surface area (Å²) < 4.78 is 6.39. The molecule has 4 heterocycles. The molecule has 0 spiro atoms. The van der Waals surface area contributed by atoms with Crippen LogP contribution in [-0.4, -0.2) is 22.9 Å². The van der Waals surface area contributed by atoms with Crippen molar-refractivity contribution >= 4 is 39.5 Å². The minimum Gasteiger partial charge on any atom is -0.457 e. The van der Waals surface area contributed by atoms with Gasteiger partial charge in [-0.2, -0.15) is 0 Å². The zero-order chi connectivity index (χ0) is 39.5. The highest BCUT2D eigenvalue weighted by Gasteiger charge is 2.44. The molecular formula is C52H40N6O. The number of aromatic nitrogens is 2. The van der Waals surface area contributed by atoms with Crippen LogP contribution < -0.4 is 20.3 Å². The molecule has 8 aromatic rings. The molecule has 2 aliphatic heterocycles. The van der Waals surface area contributed by atoms with Gasteiger partial charge in [-0.25, -0.2) is 15.0 Å². The Labute approximate surface area is 343 Å². The second-order valence-corrected chi connectivity index (χ2v) is 15.7. The van der Waals surface area contributed by atoms with Crippen LogP contribution in [0, 0.1) is 0 Å². The Morgan fingerprint density at radius 1 is 0.661 bits per heavy atom. The first-order valence-electron chi connectivity index (χ1n) is 20.1. The first-order valence-corrected chi connectivity index (χ1v) is 20.1. The molecule has 284 valence electrons. The average Bonchev–Trinajstić information content (AvgIpc) is 3.81. The van der Waals surface area contributed by atoms with Crippen molar-refractivity contribution in [3.8, 4) is 33.8 Å². The summed E-state index contributed by atoms with van der Waals surface area (Å²) in [5, 5.41) is 9.83. The molecule has 1 aliphatic carbocycles. The fraction of sp³-hybridized carbons (Fsp3) is 0.0962. The number of pyridine rings is 2. The van der Waals surface area contributed by atoms with E-state index in [0.29, 0.717) is 5.82 Å². The third-order valence-electron chi connectivity index (χ3n) is 12.0. The first-order chi connectivity index (χ1) is 29.0. The highest BCUT2D eigenvalue weighted by Crippen LogP contribution is 2.49. The fourth-order valence-electron chi connectivity index (χ4n) is 9.09. The highest BCUT2D eigenvalue weighted by molar-refractivity contribution is 6.28. The summed E-state index contributed by atoms with van der Waals surface area (Å²) in [4.78, 5) is 16.3. The van der Waals surface area contributed by atoms with E-state index >= 15 is 0 Å². The molecular weight excluding hydrogens is 725 g/mol. The molecule has 2 atom stereocenters. The van der Waals surface area contributed by atoms with Crippen molar-refractivity contribution < 1.29 is 4.74 Å². The lowest BCUT2D eigenvalue weighted by atomic mass is 9.77. The minimum atomic E-state index is -0.186. The largest absolute Gasteiger partial charge is 0.457 e. The number of rotatable bonds is 8. The summed E-state index contributed by atoms with van der Waals surface area (Å²) in [7, 11) is 2.13. The second kappa shape index (κ2) is 13.9. The zero-order valence-corrected chi connectivity index (χ0v) is 32.7. The van der Waals surface area contributed by atoms with Crippen LogP contribution in [0.3, 0.4) is 0 Å². The summed E-state index contributed by atoms with van der Waals surface area (Å²) in [6.07, 6.45) is 7.00. The molecule has 0 amide bonds. The molecule has 2 aromatic heterocycles. The molecule has 6 aromatic carbocycles. The monoisotopic (exact) mass is 764 g/mol. The lowest BCUT2D eigenvalue weighted by Gasteiger charge is -2.33. The van der Waals surface area contributed by atoms with Crippen molar-refractivity contribution in [1.82, 2.24) is 15.3 Å². The second-order valence-electron chi connectivity index (χ2n) is 15.7. The molecule has 7 heteroatoms. The van der Waals surface area contributed by atoms with E-state index in [1.54, 1.807) is 6.20 Å². The van der Waals surface area contributed by atoms with Crippen molar-refractivity contribution in [1.29, 1.82) is 0 Å². The van der Waals surface area contributed by atoms with Gasteiger partial charge in [0.05, 0.1) is 0 Å². The Morgan fingerprint density at radius 3 is 2.17 bits per heavy atom. The maximum Gasteiger partial charge on any atom is 0.154 e. The Bertz CT molecular complexity index is 2940. The van der Waals surface area contributed by atoms with Crippen LogP contribution in [0.4, 0.5) is 17.3 Å². The van der Waals surface area contributed by atoms with E-state index < -0.39 is 0 Å². The third-order valence-corrected chi connectivity index (χ3v) is 12.0. The summed E-state index contributed by atoms with van der Waals surface area (Å²) >= 11 is 0. The molecule has 0 saturated carbocycles. The number of hydrogen-bond acceptors (Lipinski definition) is 6. The van der Waals surface area contributed by atoms with Gasteiger partial charge in [0.1, 0.15) is 29.3 Å². The van der Waals surface area contributed by atoms with Gasteiger partial charge in [-0.1, -0.05) is 109 Å². The summed E-state index contributed by atoms with van der Waals surface area (Å²) in [6, 6.07) is 54.7. The molecule has 11 rings (SSSR count). The van der Waals surface area contributed by atoms with E-state index in [1.807, 2.05) is 42.6 Å². The standard InChI is InChI=1S/C52H40N6O/c1-52-30-29-40(42-13-9-15-44(49(42)52)51(57-52)58(2)47-28-21-36(32-54-47)33-10-4-3-5-11-33)35-19-24-38(25-20-35)59-37-22-17-34(18-23-37)39-26-27-45-48-41(39)12-8-14-43(48)50(55-45)56-46-16-6-7-31-53-46/h3-29,31-32,51,57H,30H2,1-2H3,(H,53,55,56). The smallest absolute Gasteiger partial charge is 0.154 e. The Balaban J connectivity index is 0.810. The SMILES string of the molecule is CN(c1ccc(-c2ccccc2)cn1)C1NC2(C)CC=C(c3ccc(Oc4ccc(-c5ccc6c7c(cccc57)C(=Nc5ccccn5)N6)cc4)cc3)c3cccc1c32. The summed E-state index contributed by atoms with van der Waals surface area (Å²) in [6.45, 7) is 2.32. The molecule has 0 fully saturated rings. The quantitative estimate of drug-likeness (QED) is 0.160. The highest BCUT2D eigenvalue weighted by atomic mass is 16.5. The van der Waals surface area contributed by atoms with Crippen LogP contribution in [-0.2, 0) is 5.54 Å². The molecule has 7 nitrogen and oxygen atoms in total. The van der Waals surface area contributed by atoms with Crippen LogP contribution in [0.1, 0.15) is 47.3 Å². The van der Waals surface area contributed by atoms with Gasteiger partial charge < -0.3 is 15.0 Å². The van der Waals surface area contributed by atoms with Gasteiger partial charge in [-0.15, -0.1) is 0 Å². The third kappa shape index (κ3) is 6.06. The van der Waals surface area contributed by atoms with Gasteiger partial charge in [0, 0.05) is 47.2 Å². The Kier molecular flexibility index (Phi) is 8.24. The van der Waals surface area contributed by atoms with Crippen molar-refractivity contribution in [3.05, 3.63) is 204 Å². The lowest BCUT2D eigenvalue weighted by Crippen LogP contribution is -2.41. The number of nitrogens with one attached hydrogen (secondary N) is 2. The fourth-order valence-corrected chi connectivity index (χ4v) is 9.09. The number of hydrogen-bond donors (Lipinski definition) is 2. The topological polar surface area (TPSA) is 74.7 Å². The van der Waals surface area contributed by atoms with Gasteiger partial charge in [0.15, 0.2) is 5.82 Å². The molecule has 2 N–H and O–H groups in total. The van der Waals surface area contributed by atoms with E-state index in [9.17, 15) is 0 Å². The number of aliphatic imine (C=N–C) groups is 1. The lowest BCUT2D eigenvalue weighted by molar-refractivity contribution is 0.356. The number of amidine groups is 1. The zero-order valence-electron chi connectivity index (χ0n) is 32.7. The van der Waals surface area contributed by atoms with Gasteiger partial charge in [0.2, 0.25) is 0 Å². The molecule has 59 heavy (non-hydrogen) atoms. The van der Waals surface area contributed by atoms with E-state index in [0.717, 1.165) is 57.5 Å². The number of anilines is 2. The van der Waals surface area contributed by atoms with Gasteiger partial charge in [-0.05, 0) is 118 Å². The van der Waals surface area contributed by atoms with E-state index in [4.69, 9.17) is 14.7 Å². The molecule has 0 radical (unpaired) electrons. The van der Waals surface area contributed by atoms with Crippen LogP contribution in [0.2, 0.25) is 0 Å². The van der Waals surface area contributed by atoms with E-state index in [-0.39, 0.29) is 11.7 Å². The van der Waals surface area contributed by atoms with Crippen LogP contribution in [0.15, 0.2) is 181 Å². The number of nitrogens with zero attached hydrogens (tertiary/aromatic N) is 4. The Morgan fingerprint density at radius 2 is 1.41 bits per heavy atom. The number of benzene rings is 6. The average molecular weight is 765 g/mol. The normalized spacial score (nSPS) is 18.0. The number of ether oxygens (including phenoxy) is 1. The summed E-state index contributed by atoms with van der Waals surface area (Å²) in [5.74, 6) is 4.01. The van der Waals surface area contributed by atoms with Crippen molar-refractivity contribution in [2.24, 2.45) is 4.99 Å². The maximum atomic E-state index is 6.39. The van der Waals surface area contributed by atoms with Crippen LogP contribution in [0.5, 0.6) is 11.5 Å². The van der Waals surface area contributed by atoms with E-state index in [1.165, 1.54) is 44.2 Å². The molecule has 0 bridgehead atoms. The minimum absolute atomic E-state index is 0.00112. The first kappa shape index (κ1) is 34.9. The van der Waals surface area contributed by atoms with E-state index in [2.05, 4.69) is 162 Å². The molecule has 3 aliphatic rings.